The molecule has 0 aromatic carbocycles. The third-order valence-corrected chi connectivity index (χ3v) is 1.55. The van der Waals surface area contributed by atoms with E-state index in [0.29, 0.717) is 11.5 Å². The van der Waals surface area contributed by atoms with Crippen molar-refractivity contribution in [2.75, 3.05) is 7.05 Å². The maximum absolute atomic E-state index is 9.57. The van der Waals surface area contributed by atoms with Gasteiger partial charge in [-0.25, -0.2) is 0 Å². The first kappa shape index (κ1) is 15.6. The zero-order chi connectivity index (χ0) is 11.6. The van der Waals surface area contributed by atoms with E-state index in [2.05, 4.69) is 18.8 Å². The molecule has 84 valence electrons. The number of aliphatic hydroxyl groups excluding tert-OH is 1. The smallest absolute Gasteiger partial charge is 0.0821 e. The summed E-state index contributed by atoms with van der Waals surface area (Å²) in [7, 11) is 1.66. The van der Waals surface area contributed by atoms with Gasteiger partial charge in [-0.05, 0) is 12.3 Å². The van der Waals surface area contributed by atoms with E-state index in [9.17, 15) is 5.11 Å². The van der Waals surface area contributed by atoms with Crippen LogP contribution in [-0.4, -0.2) is 24.5 Å². The molecule has 0 radical (unpaired) electrons. The Bertz CT molecular complexity index is 174. The SMILES string of the molecule is CC.CN=C/C(=C\N)C(O)CC(C)C. The van der Waals surface area contributed by atoms with Gasteiger partial charge < -0.3 is 10.8 Å². The second kappa shape index (κ2) is 10.3. The molecule has 0 saturated carbocycles. The second-order valence-electron chi connectivity index (χ2n) is 3.20. The summed E-state index contributed by atoms with van der Waals surface area (Å²) in [4.78, 5) is 3.80. The van der Waals surface area contributed by atoms with E-state index in [1.165, 1.54) is 6.20 Å². The van der Waals surface area contributed by atoms with Crippen molar-refractivity contribution in [3.63, 3.8) is 0 Å². The van der Waals surface area contributed by atoms with E-state index in [-0.39, 0.29) is 0 Å². The monoisotopic (exact) mass is 200 g/mol. The lowest BCUT2D eigenvalue weighted by Crippen LogP contribution is -2.15. The maximum Gasteiger partial charge on any atom is 0.0821 e. The molecular formula is C11H24N2O. The third-order valence-electron chi connectivity index (χ3n) is 1.55. The molecule has 3 N–H and O–H groups in total. The minimum atomic E-state index is -0.487. The molecular weight excluding hydrogens is 176 g/mol. The van der Waals surface area contributed by atoms with Crippen LogP contribution >= 0.6 is 0 Å². The van der Waals surface area contributed by atoms with Crippen molar-refractivity contribution in [3.05, 3.63) is 11.8 Å². The molecule has 1 unspecified atom stereocenters. The molecule has 0 aliphatic carbocycles. The first-order valence-corrected chi connectivity index (χ1v) is 5.13. The van der Waals surface area contributed by atoms with Crippen LogP contribution in [0, 0.1) is 5.92 Å². The van der Waals surface area contributed by atoms with Gasteiger partial charge >= 0.3 is 0 Å². The Kier molecular flexibility index (Phi) is 11.4. The molecule has 3 nitrogen and oxygen atoms in total. The highest BCUT2D eigenvalue weighted by atomic mass is 16.3. The van der Waals surface area contributed by atoms with Crippen molar-refractivity contribution < 1.29 is 5.11 Å². The minimum Gasteiger partial charge on any atom is -0.404 e. The van der Waals surface area contributed by atoms with Crippen LogP contribution < -0.4 is 5.73 Å². The molecule has 0 heterocycles. The quantitative estimate of drug-likeness (QED) is 0.682. The maximum atomic E-state index is 9.57. The molecule has 3 heteroatoms. The molecule has 0 aliphatic heterocycles. The number of nitrogens with zero attached hydrogens (tertiary/aromatic N) is 1. The fourth-order valence-electron chi connectivity index (χ4n) is 0.972. The summed E-state index contributed by atoms with van der Waals surface area (Å²) in [5.41, 5.74) is 6.01. The standard InChI is InChI=1S/C9H18N2O.C2H6/c1-7(2)4-9(12)8(5-10)6-11-3;1-2/h5-7,9,12H,4,10H2,1-3H3;1-2H3/b8-5+,11-6?;. The molecule has 0 aliphatic rings. The lowest BCUT2D eigenvalue weighted by molar-refractivity contribution is 0.189. The van der Waals surface area contributed by atoms with Crippen LogP contribution in [0.15, 0.2) is 16.8 Å². The van der Waals surface area contributed by atoms with Gasteiger partial charge in [0.2, 0.25) is 0 Å². The largest absolute Gasteiger partial charge is 0.404 e. The number of hydrogen-bond acceptors (Lipinski definition) is 3. The van der Waals surface area contributed by atoms with Crippen molar-refractivity contribution >= 4 is 6.21 Å². The van der Waals surface area contributed by atoms with Crippen molar-refractivity contribution in [2.45, 2.75) is 40.2 Å². The van der Waals surface area contributed by atoms with Gasteiger partial charge in [-0.2, -0.15) is 0 Å². The van der Waals surface area contributed by atoms with Crippen LogP contribution in [-0.2, 0) is 0 Å². The number of aliphatic hydroxyl groups is 1. The molecule has 1 atom stereocenters. The highest BCUT2D eigenvalue weighted by molar-refractivity contribution is 5.79. The highest BCUT2D eigenvalue weighted by Crippen LogP contribution is 2.10. The zero-order valence-corrected chi connectivity index (χ0v) is 9.99. The molecule has 0 bridgehead atoms. The average molecular weight is 200 g/mol. The lowest BCUT2D eigenvalue weighted by Gasteiger charge is -2.12. The van der Waals surface area contributed by atoms with Gasteiger partial charge in [0.25, 0.3) is 0 Å². The van der Waals surface area contributed by atoms with Gasteiger partial charge in [-0.1, -0.05) is 27.7 Å². The van der Waals surface area contributed by atoms with Crippen molar-refractivity contribution in [1.82, 2.24) is 0 Å². The third kappa shape index (κ3) is 7.80. The summed E-state index contributed by atoms with van der Waals surface area (Å²) in [6, 6.07) is 0. The lowest BCUT2D eigenvalue weighted by atomic mass is 10.0. The number of hydrogen-bond donors (Lipinski definition) is 2. The topological polar surface area (TPSA) is 58.6 Å². The zero-order valence-electron chi connectivity index (χ0n) is 9.99. The highest BCUT2D eigenvalue weighted by Gasteiger charge is 2.09. The number of rotatable bonds is 4. The van der Waals surface area contributed by atoms with Gasteiger partial charge in [-0.3, -0.25) is 4.99 Å². The number of nitrogens with two attached hydrogens (primary N) is 1. The van der Waals surface area contributed by atoms with Crippen molar-refractivity contribution in [2.24, 2.45) is 16.6 Å². The summed E-state index contributed by atoms with van der Waals surface area (Å²) in [5, 5.41) is 9.57. The van der Waals surface area contributed by atoms with Crippen LogP contribution in [0.4, 0.5) is 0 Å². The molecule has 0 amide bonds. The Balaban J connectivity index is 0. The predicted molar refractivity (Wildman–Crippen MR) is 63.5 cm³/mol. The summed E-state index contributed by atoms with van der Waals surface area (Å²) in [6.45, 7) is 8.11. The Labute approximate surface area is 87.7 Å². The fraction of sp³-hybridized carbons (Fsp3) is 0.727. The van der Waals surface area contributed by atoms with E-state index in [4.69, 9.17) is 5.73 Å². The first-order chi connectivity index (χ1) is 6.61. The molecule has 0 aromatic rings. The molecule has 14 heavy (non-hydrogen) atoms. The van der Waals surface area contributed by atoms with Gasteiger partial charge in [0.15, 0.2) is 0 Å². The minimum absolute atomic E-state index is 0.459. The summed E-state index contributed by atoms with van der Waals surface area (Å²) in [6.07, 6.45) is 3.22. The normalized spacial score (nSPS) is 14.1. The van der Waals surface area contributed by atoms with E-state index >= 15 is 0 Å². The van der Waals surface area contributed by atoms with Crippen LogP contribution in [0.2, 0.25) is 0 Å². The summed E-state index contributed by atoms with van der Waals surface area (Å²) >= 11 is 0. The summed E-state index contributed by atoms with van der Waals surface area (Å²) in [5.74, 6) is 0.459. The van der Waals surface area contributed by atoms with Crippen LogP contribution in [0.1, 0.15) is 34.1 Å². The van der Waals surface area contributed by atoms with Crippen molar-refractivity contribution in [3.8, 4) is 0 Å². The van der Waals surface area contributed by atoms with Gasteiger partial charge in [0, 0.05) is 25.0 Å². The van der Waals surface area contributed by atoms with Crippen LogP contribution in [0.5, 0.6) is 0 Å². The van der Waals surface area contributed by atoms with E-state index in [0.717, 1.165) is 6.42 Å². The second-order valence-corrected chi connectivity index (χ2v) is 3.20. The van der Waals surface area contributed by atoms with Crippen molar-refractivity contribution in [1.29, 1.82) is 0 Å². The van der Waals surface area contributed by atoms with E-state index < -0.39 is 6.10 Å². The Hall–Kier alpha value is -0.830. The Morgan fingerprint density at radius 2 is 1.93 bits per heavy atom. The fourth-order valence-corrected chi connectivity index (χ4v) is 0.972. The van der Waals surface area contributed by atoms with Gasteiger partial charge in [-0.15, -0.1) is 0 Å². The number of aliphatic imine (C=N–C) groups is 1. The van der Waals surface area contributed by atoms with Gasteiger partial charge in [0.05, 0.1) is 6.10 Å². The van der Waals surface area contributed by atoms with E-state index in [1.54, 1.807) is 13.3 Å². The van der Waals surface area contributed by atoms with E-state index in [1.807, 2.05) is 13.8 Å². The molecule has 0 spiro atoms. The molecule has 0 fully saturated rings. The summed E-state index contributed by atoms with van der Waals surface area (Å²) < 4.78 is 0. The molecule has 0 aromatic heterocycles. The van der Waals surface area contributed by atoms with Crippen LogP contribution in [0.3, 0.4) is 0 Å². The average Bonchev–Trinajstić information content (AvgIpc) is 2.16. The Morgan fingerprint density at radius 3 is 2.21 bits per heavy atom. The molecule has 0 rings (SSSR count). The predicted octanol–water partition coefficient (Wildman–Crippen LogP) is 1.96. The van der Waals surface area contributed by atoms with Gasteiger partial charge in [0.1, 0.15) is 0 Å². The van der Waals surface area contributed by atoms with Crippen LogP contribution in [0.25, 0.3) is 0 Å². The molecule has 0 saturated heterocycles. The Morgan fingerprint density at radius 1 is 1.43 bits per heavy atom. The first-order valence-electron chi connectivity index (χ1n) is 5.13.